The highest BCUT2D eigenvalue weighted by Gasteiger charge is 2.34. The molecule has 0 radical (unpaired) electrons. The van der Waals surface area contributed by atoms with Crippen LogP contribution in [0, 0.1) is 5.92 Å². The molecule has 2 aromatic carbocycles. The number of hydrogen-bond donors (Lipinski definition) is 1. The average molecular weight is 500 g/mol. The Labute approximate surface area is 218 Å². The molecule has 7 nitrogen and oxygen atoms in total. The number of carbonyl (C=O) groups excluding carboxylic acids is 2. The van der Waals surface area contributed by atoms with Crippen LogP contribution in [0.2, 0.25) is 0 Å². The summed E-state index contributed by atoms with van der Waals surface area (Å²) in [6.45, 7) is 4.34. The van der Waals surface area contributed by atoms with Gasteiger partial charge in [-0.3, -0.25) is 9.59 Å². The van der Waals surface area contributed by atoms with E-state index in [9.17, 15) is 14.7 Å². The zero-order valence-electron chi connectivity index (χ0n) is 21.4. The molecule has 7 heteroatoms. The lowest BCUT2D eigenvalue weighted by Crippen LogP contribution is -2.50. The average Bonchev–Trinajstić information content (AvgIpc) is 2.94. The highest BCUT2D eigenvalue weighted by atomic mass is 16.5. The Bertz CT molecular complexity index is 1250. The molecule has 1 aliphatic heterocycles. The van der Waals surface area contributed by atoms with Gasteiger partial charge in [0.2, 0.25) is 5.88 Å². The van der Waals surface area contributed by atoms with Crippen LogP contribution in [0.5, 0.6) is 5.88 Å². The topological polar surface area (TPSA) is 83.0 Å². The zero-order valence-corrected chi connectivity index (χ0v) is 21.4. The van der Waals surface area contributed by atoms with E-state index in [1.807, 2.05) is 74.5 Å². The number of likely N-dealkylation sites (N-methyl/N-ethyl adjacent to an activating group) is 1. The fourth-order valence-electron chi connectivity index (χ4n) is 4.34. The number of aliphatic hydroxyl groups is 1. The van der Waals surface area contributed by atoms with E-state index in [4.69, 9.17) is 4.74 Å². The molecule has 0 aliphatic carbocycles. The number of hydrogen-bond acceptors (Lipinski definition) is 5. The summed E-state index contributed by atoms with van der Waals surface area (Å²) < 4.78 is 6.32. The number of aromatic nitrogens is 1. The third-order valence-electron chi connectivity index (χ3n) is 6.63. The minimum absolute atomic E-state index is 0.107. The minimum Gasteiger partial charge on any atom is -0.472 e. The summed E-state index contributed by atoms with van der Waals surface area (Å²) in [5.41, 5.74) is 2.73. The smallest absolute Gasteiger partial charge is 0.259 e. The largest absolute Gasteiger partial charge is 0.472 e. The Morgan fingerprint density at radius 2 is 1.78 bits per heavy atom. The number of carbonyl (C=O) groups is 2. The van der Waals surface area contributed by atoms with E-state index < -0.39 is 6.10 Å². The highest BCUT2D eigenvalue weighted by Crippen LogP contribution is 2.28. The first kappa shape index (κ1) is 26.1. The second-order valence-electron chi connectivity index (χ2n) is 9.54. The van der Waals surface area contributed by atoms with Gasteiger partial charge in [0.15, 0.2) is 0 Å². The van der Waals surface area contributed by atoms with Crippen molar-refractivity contribution in [2.75, 3.05) is 26.7 Å². The molecule has 1 N–H and O–H groups in total. The highest BCUT2D eigenvalue weighted by molar-refractivity contribution is 5.97. The summed E-state index contributed by atoms with van der Waals surface area (Å²) in [5.74, 6) is -0.228. The number of nitrogens with zero attached hydrogens (tertiary/aromatic N) is 3. The second-order valence-corrected chi connectivity index (χ2v) is 9.54. The molecule has 2 heterocycles. The molecular weight excluding hydrogens is 466 g/mol. The summed E-state index contributed by atoms with van der Waals surface area (Å²) in [6, 6.07) is 20.4. The Hall–Kier alpha value is -3.97. The van der Waals surface area contributed by atoms with E-state index >= 15 is 0 Å². The maximum absolute atomic E-state index is 13.6. The van der Waals surface area contributed by atoms with Crippen LogP contribution in [0.15, 0.2) is 72.9 Å². The number of benzene rings is 2. The van der Waals surface area contributed by atoms with Gasteiger partial charge in [0, 0.05) is 31.3 Å². The van der Waals surface area contributed by atoms with Crippen LogP contribution in [0.3, 0.4) is 0 Å². The van der Waals surface area contributed by atoms with Crippen LogP contribution in [-0.2, 0) is 0 Å². The van der Waals surface area contributed by atoms with Gasteiger partial charge in [0.25, 0.3) is 11.8 Å². The van der Waals surface area contributed by atoms with Crippen LogP contribution in [-0.4, -0.2) is 70.6 Å². The zero-order chi connectivity index (χ0) is 26.4. The Morgan fingerprint density at radius 1 is 1.14 bits per heavy atom. The SMILES string of the molecule is C[C@H]1CN([C@@H](C)CO)C(=O)c2cc(/C=C/c3ccccc3)cnc2O[C@H]1CN(C)C(=O)c1ccccc1. The molecule has 0 unspecified atom stereocenters. The first-order valence-corrected chi connectivity index (χ1v) is 12.5. The summed E-state index contributed by atoms with van der Waals surface area (Å²) in [6.07, 6.45) is 5.13. The third-order valence-corrected chi connectivity index (χ3v) is 6.63. The normalized spacial score (nSPS) is 18.5. The minimum atomic E-state index is -0.406. The van der Waals surface area contributed by atoms with Gasteiger partial charge in [-0.05, 0) is 36.2 Å². The van der Waals surface area contributed by atoms with E-state index in [-0.39, 0.29) is 36.3 Å². The maximum atomic E-state index is 13.6. The molecule has 1 aromatic heterocycles. The number of rotatable bonds is 7. The number of pyridine rings is 1. The second kappa shape index (κ2) is 11.8. The van der Waals surface area contributed by atoms with Crippen LogP contribution >= 0.6 is 0 Å². The molecule has 192 valence electrons. The summed E-state index contributed by atoms with van der Waals surface area (Å²) in [5, 5.41) is 9.87. The van der Waals surface area contributed by atoms with Gasteiger partial charge in [-0.2, -0.15) is 0 Å². The third kappa shape index (κ3) is 6.24. The quantitative estimate of drug-likeness (QED) is 0.526. The van der Waals surface area contributed by atoms with Crippen LogP contribution < -0.4 is 4.74 Å². The fraction of sp³-hybridized carbons (Fsp3) is 0.300. The Balaban J connectivity index is 1.64. The van der Waals surface area contributed by atoms with Crippen LogP contribution in [0.1, 0.15) is 45.7 Å². The molecule has 37 heavy (non-hydrogen) atoms. The van der Waals surface area contributed by atoms with Crippen molar-refractivity contribution in [2.24, 2.45) is 5.92 Å². The van der Waals surface area contributed by atoms with Gasteiger partial charge in [-0.1, -0.05) is 67.6 Å². The monoisotopic (exact) mass is 499 g/mol. The molecule has 1 aliphatic rings. The predicted molar refractivity (Wildman–Crippen MR) is 144 cm³/mol. The van der Waals surface area contributed by atoms with E-state index in [0.717, 1.165) is 11.1 Å². The lowest BCUT2D eigenvalue weighted by Gasteiger charge is -2.37. The van der Waals surface area contributed by atoms with E-state index in [0.29, 0.717) is 24.2 Å². The summed E-state index contributed by atoms with van der Waals surface area (Å²) >= 11 is 0. The molecule has 0 bridgehead atoms. The van der Waals surface area contributed by atoms with Crippen molar-refractivity contribution in [2.45, 2.75) is 26.0 Å². The number of fused-ring (bicyclic) bond motifs is 1. The van der Waals surface area contributed by atoms with Crippen molar-refractivity contribution >= 4 is 24.0 Å². The van der Waals surface area contributed by atoms with Gasteiger partial charge >= 0.3 is 0 Å². The Morgan fingerprint density at radius 3 is 2.46 bits per heavy atom. The Kier molecular flexibility index (Phi) is 8.36. The predicted octanol–water partition coefficient (Wildman–Crippen LogP) is 4.24. The molecular formula is C30H33N3O4. The van der Waals surface area contributed by atoms with Crippen molar-refractivity contribution in [1.82, 2.24) is 14.8 Å². The van der Waals surface area contributed by atoms with Gasteiger partial charge in [0.1, 0.15) is 11.7 Å². The lowest BCUT2D eigenvalue weighted by molar-refractivity contribution is 0.0313. The van der Waals surface area contributed by atoms with Crippen molar-refractivity contribution in [3.63, 3.8) is 0 Å². The van der Waals surface area contributed by atoms with Crippen molar-refractivity contribution in [1.29, 1.82) is 0 Å². The van der Waals surface area contributed by atoms with Crippen LogP contribution in [0.4, 0.5) is 0 Å². The molecule has 0 saturated heterocycles. The molecule has 2 amide bonds. The maximum Gasteiger partial charge on any atom is 0.259 e. The fourth-order valence-corrected chi connectivity index (χ4v) is 4.34. The molecule has 0 saturated carbocycles. The first-order chi connectivity index (χ1) is 17.9. The molecule has 0 spiro atoms. The molecule has 3 aromatic rings. The standard InChI is InChI=1S/C30H33N3O4/c1-21-18-33(22(2)20-34)30(36)26-16-24(15-14-23-10-6-4-7-11-23)17-31-28(26)37-27(21)19-32(3)29(35)25-12-8-5-9-13-25/h4-17,21-22,27,34H,18-20H2,1-3H3/b15-14+/t21-,22-,27-/m0/s1. The van der Waals surface area contributed by atoms with E-state index in [2.05, 4.69) is 4.98 Å². The number of amides is 2. The van der Waals surface area contributed by atoms with Gasteiger partial charge in [0.05, 0.1) is 19.2 Å². The molecule has 4 rings (SSSR count). The van der Waals surface area contributed by atoms with Gasteiger partial charge in [-0.15, -0.1) is 0 Å². The van der Waals surface area contributed by atoms with E-state index in [1.54, 1.807) is 41.2 Å². The van der Waals surface area contributed by atoms with Gasteiger partial charge < -0.3 is 19.6 Å². The number of ether oxygens (including phenoxy) is 1. The van der Waals surface area contributed by atoms with Crippen molar-refractivity contribution in [3.8, 4) is 5.88 Å². The number of aliphatic hydroxyl groups excluding tert-OH is 1. The first-order valence-electron chi connectivity index (χ1n) is 12.5. The van der Waals surface area contributed by atoms with E-state index in [1.165, 1.54) is 0 Å². The summed E-state index contributed by atoms with van der Waals surface area (Å²) in [7, 11) is 1.75. The van der Waals surface area contributed by atoms with Gasteiger partial charge in [-0.25, -0.2) is 4.98 Å². The van der Waals surface area contributed by atoms with Crippen molar-refractivity contribution in [3.05, 3.63) is 95.2 Å². The van der Waals surface area contributed by atoms with Crippen LogP contribution in [0.25, 0.3) is 12.2 Å². The summed E-state index contributed by atoms with van der Waals surface area (Å²) in [4.78, 5) is 34.4. The van der Waals surface area contributed by atoms with Crippen molar-refractivity contribution < 1.29 is 19.4 Å². The lowest BCUT2D eigenvalue weighted by atomic mass is 9.99. The molecule has 0 fully saturated rings. The molecule has 3 atom stereocenters.